The number of hydrogen-bond donors (Lipinski definition) is 0. The van der Waals surface area contributed by atoms with E-state index in [9.17, 15) is 8.78 Å². The summed E-state index contributed by atoms with van der Waals surface area (Å²) >= 11 is 1.86. The second kappa shape index (κ2) is 4.46. The molecule has 0 atom stereocenters. The SMILES string of the molecule is N#CCc1ccc(I)nc1C(F)F. The molecule has 0 aliphatic heterocycles. The zero-order chi connectivity index (χ0) is 9.84. The van der Waals surface area contributed by atoms with E-state index in [1.54, 1.807) is 6.07 Å². The van der Waals surface area contributed by atoms with Gasteiger partial charge in [-0.1, -0.05) is 6.07 Å². The van der Waals surface area contributed by atoms with Crippen LogP contribution in [0.3, 0.4) is 0 Å². The van der Waals surface area contributed by atoms with Crippen LogP contribution in [0, 0.1) is 15.0 Å². The molecule has 2 nitrogen and oxygen atoms in total. The van der Waals surface area contributed by atoms with Crippen molar-refractivity contribution in [1.29, 1.82) is 5.26 Å². The van der Waals surface area contributed by atoms with Crippen LogP contribution in [0.25, 0.3) is 0 Å². The first-order valence-electron chi connectivity index (χ1n) is 3.45. The summed E-state index contributed by atoms with van der Waals surface area (Å²) in [5.74, 6) is 0. The smallest absolute Gasteiger partial charge is 0.241 e. The van der Waals surface area contributed by atoms with Crippen molar-refractivity contribution in [2.45, 2.75) is 12.8 Å². The molecule has 0 aliphatic rings. The van der Waals surface area contributed by atoms with E-state index in [1.807, 2.05) is 28.7 Å². The van der Waals surface area contributed by atoms with Gasteiger partial charge < -0.3 is 0 Å². The van der Waals surface area contributed by atoms with Crippen LogP contribution in [0.2, 0.25) is 0 Å². The maximum atomic E-state index is 12.4. The molecular weight excluding hydrogens is 289 g/mol. The predicted octanol–water partition coefficient (Wildman–Crippen LogP) is 2.69. The quantitative estimate of drug-likeness (QED) is 0.621. The summed E-state index contributed by atoms with van der Waals surface area (Å²) in [7, 11) is 0. The highest BCUT2D eigenvalue weighted by Gasteiger charge is 2.14. The van der Waals surface area contributed by atoms with Crippen LogP contribution in [0.5, 0.6) is 0 Å². The van der Waals surface area contributed by atoms with Crippen LogP contribution < -0.4 is 0 Å². The lowest BCUT2D eigenvalue weighted by Crippen LogP contribution is -1.99. The Labute approximate surface area is 87.7 Å². The van der Waals surface area contributed by atoms with Gasteiger partial charge in [-0.3, -0.25) is 0 Å². The van der Waals surface area contributed by atoms with E-state index >= 15 is 0 Å². The lowest BCUT2D eigenvalue weighted by Gasteiger charge is -2.04. The first-order chi connectivity index (χ1) is 6.15. The molecule has 0 unspecified atom stereocenters. The Bertz CT molecular complexity index is 346. The summed E-state index contributed by atoms with van der Waals surface area (Å²) in [6, 6.07) is 4.95. The molecule has 0 aromatic carbocycles. The van der Waals surface area contributed by atoms with Gasteiger partial charge in [0.1, 0.15) is 9.39 Å². The summed E-state index contributed by atoms with van der Waals surface area (Å²) in [6.45, 7) is 0. The Morgan fingerprint density at radius 3 is 2.77 bits per heavy atom. The van der Waals surface area contributed by atoms with E-state index in [1.165, 1.54) is 6.07 Å². The summed E-state index contributed by atoms with van der Waals surface area (Å²) in [6.07, 6.45) is -2.64. The van der Waals surface area contributed by atoms with Crippen LogP contribution in [0.15, 0.2) is 12.1 Å². The minimum Gasteiger partial charge on any atom is -0.241 e. The van der Waals surface area contributed by atoms with Crippen LogP contribution in [-0.4, -0.2) is 4.98 Å². The Balaban J connectivity index is 3.12. The number of rotatable bonds is 2. The highest BCUT2D eigenvalue weighted by molar-refractivity contribution is 14.1. The number of pyridine rings is 1. The third-order valence-corrected chi connectivity index (χ3v) is 2.06. The molecule has 0 radical (unpaired) electrons. The fraction of sp³-hybridized carbons (Fsp3) is 0.250. The molecule has 1 rings (SSSR count). The van der Waals surface area contributed by atoms with Gasteiger partial charge in [-0.2, -0.15) is 5.26 Å². The molecule has 1 aromatic heterocycles. The zero-order valence-electron chi connectivity index (χ0n) is 6.47. The Hall–Kier alpha value is -0.770. The first kappa shape index (κ1) is 10.3. The molecule has 0 saturated heterocycles. The molecule has 0 bridgehead atoms. The molecule has 0 saturated carbocycles. The molecule has 0 fully saturated rings. The van der Waals surface area contributed by atoms with E-state index in [2.05, 4.69) is 4.98 Å². The zero-order valence-corrected chi connectivity index (χ0v) is 8.62. The molecule has 0 aliphatic carbocycles. The van der Waals surface area contributed by atoms with Crippen LogP contribution in [0.1, 0.15) is 17.7 Å². The Kier molecular flexibility index (Phi) is 3.54. The van der Waals surface area contributed by atoms with Gasteiger partial charge in [0.2, 0.25) is 0 Å². The van der Waals surface area contributed by atoms with Crippen LogP contribution in [0.4, 0.5) is 8.78 Å². The number of alkyl halides is 2. The van der Waals surface area contributed by atoms with E-state index in [-0.39, 0.29) is 12.1 Å². The van der Waals surface area contributed by atoms with Gasteiger partial charge >= 0.3 is 0 Å². The Morgan fingerprint density at radius 1 is 1.54 bits per heavy atom. The molecule has 1 heterocycles. The van der Waals surface area contributed by atoms with Crippen molar-refractivity contribution in [3.63, 3.8) is 0 Å². The molecule has 5 heteroatoms. The summed E-state index contributed by atoms with van der Waals surface area (Å²) < 4.78 is 25.2. The van der Waals surface area contributed by atoms with Gasteiger partial charge in [0.15, 0.2) is 0 Å². The number of hydrogen-bond acceptors (Lipinski definition) is 2. The largest absolute Gasteiger partial charge is 0.280 e. The highest BCUT2D eigenvalue weighted by atomic mass is 127. The average molecular weight is 294 g/mol. The molecule has 13 heavy (non-hydrogen) atoms. The second-order valence-corrected chi connectivity index (χ2v) is 3.42. The van der Waals surface area contributed by atoms with Crippen molar-refractivity contribution in [1.82, 2.24) is 4.98 Å². The topological polar surface area (TPSA) is 36.7 Å². The summed E-state index contributed by atoms with van der Waals surface area (Å²) in [5, 5.41) is 8.37. The molecule has 0 spiro atoms. The lowest BCUT2D eigenvalue weighted by atomic mass is 10.1. The van der Waals surface area contributed by atoms with Gasteiger partial charge in [-0.15, -0.1) is 0 Å². The summed E-state index contributed by atoms with van der Waals surface area (Å²) in [5.41, 5.74) is 0.0198. The van der Waals surface area contributed by atoms with Gasteiger partial charge in [0.25, 0.3) is 6.43 Å². The molecule has 0 N–H and O–H groups in total. The molecule has 1 aromatic rings. The maximum absolute atomic E-state index is 12.4. The summed E-state index contributed by atoms with van der Waals surface area (Å²) in [4.78, 5) is 3.68. The molecule has 0 amide bonds. The number of nitriles is 1. The fourth-order valence-corrected chi connectivity index (χ4v) is 1.34. The monoisotopic (exact) mass is 294 g/mol. The standard InChI is InChI=1S/C8H5F2IN2/c9-8(10)7-5(3-4-12)1-2-6(11)13-7/h1-2,8H,3H2. The lowest BCUT2D eigenvalue weighted by molar-refractivity contribution is 0.145. The van der Waals surface area contributed by atoms with E-state index in [0.717, 1.165) is 0 Å². The van der Waals surface area contributed by atoms with E-state index in [4.69, 9.17) is 5.26 Å². The number of aromatic nitrogens is 1. The normalized spacial score (nSPS) is 10.1. The third-order valence-electron chi connectivity index (χ3n) is 1.45. The Morgan fingerprint density at radius 2 is 2.23 bits per heavy atom. The van der Waals surface area contributed by atoms with Crippen molar-refractivity contribution in [2.24, 2.45) is 0 Å². The van der Waals surface area contributed by atoms with Crippen LogP contribution >= 0.6 is 22.6 Å². The van der Waals surface area contributed by atoms with Gasteiger partial charge in [-0.25, -0.2) is 13.8 Å². The number of halogens is 3. The van der Waals surface area contributed by atoms with Crippen molar-refractivity contribution >= 4 is 22.6 Å². The van der Waals surface area contributed by atoms with E-state index in [0.29, 0.717) is 9.26 Å². The number of nitrogens with zero attached hydrogens (tertiary/aromatic N) is 2. The van der Waals surface area contributed by atoms with Crippen molar-refractivity contribution < 1.29 is 8.78 Å². The van der Waals surface area contributed by atoms with Gasteiger partial charge in [-0.05, 0) is 34.2 Å². The average Bonchev–Trinajstić information content (AvgIpc) is 2.08. The minimum absolute atomic E-state index is 0.0242. The third kappa shape index (κ3) is 2.59. The van der Waals surface area contributed by atoms with Gasteiger partial charge in [0, 0.05) is 0 Å². The van der Waals surface area contributed by atoms with Gasteiger partial charge in [0.05, 0.1) is 12.5 Å². The van der Waals surface area contributed by atoms with E-state index < -0.39 is 6.43 Å². The maximum Gasteiger partial charge on any atom is 0.280 e. The van der Waals surface area contributed by atoms with Crippen molar-refractivity contribution in [3.8, 4) is 6.07 Å². The first-order valence-corrected chi connectivity index (χ1v) is 4.53. The minimum atomic E-state index is -2.61. The molecule has 68 valence electrons. The predicted molar refractivity (Wildman–Crippen MR) is 51.2 cm³/mol. The van der Waals surface area contributed by atoms with Crippen molar-refractivity contribution in [2.75, 3.05) is 0 Å². The fourth-order valence-electron chi connectivity index (χ4n) is 0.902. The highest BCUT2D eigenvalue weighted by Crippen LogP contribution is 2.21. The van der Waals surface area contributed by atoms with Crippen molar-refractivity contribution in [3.05, 3.63) is 27.1 Å². The second-order valence-electron chi connectivity index (χ2n) is 2.31. The van der Waals surface area contributed by atoms with Crippen LogP contribution in [-0.2, 0) is 6.42 Å². The molecular formula is C8H5F2IN2.